The first kappa shape index (κ1) is 18.3. The van der Waals surface area contributed by atoms with Crippen LogP contribution >= 0.6 is 23.8 Å². The van der Waals surface area contributed by atoms with E-state index < -0.39 is 11.9 Å². The molecule has 1 unspecified atom stereocenters. The highest BCUT2D eigenvalue weighted by atomic mass is 35.5. The van der Waals surface area contributed by atoms with E-state index in [1.165, 1.54) is 0 Å². The molecule has 0 aliphatic carbocycles. The number of halogens is 1. The van der Waals surface area contributed by atoms with Gasteiger partial charge in [0.25, 0.3) is 4.84 Å². The molecule has 0 N–H and O–H groups in total. The third-order valence-electron chi connectivity index (χ3n) is 4.59. The maximum atomic E-state index is 6.24. The molecule has 0 saturated carbocycles. The van der Waals surface area contributed by atoms with Crippen molar-refractivity contribution >= 4 is 40.6 Å². The average molecular weight is 404 g/mol. The fraction of sp³-hybridized carbons (Fsp3) is 0.250. The molecule has 0 fully saturated rings. The van der Waals surface area contributed by atoms with Gasteiger partial charge < -0.3 is 18.6 Å². The normalized spacial score (nSPS) is 19.1. The summed E-state index contributed by atoms with van der Waals surface area (Å²) in [6, 6.07) is 13.2. The van der Waals surface area contributed by atoms with E-state index in [1.54, 1.807) is 20.3 Å². The van der Waals surface area contributed by atoms with Gasteiger partial charge in [-0.1, -0.05) is 23.7 Å². The zero-order valence-electron chi connectivity index (χ0n) is 15.1. The molecule has 0 bridgehead atoms. The molecular weight excluding hydrogens is 386 g/mol. The van der Waals surface area contributed by atoms with Gasteiger partial charge in [-0.15, -0.1) is 0 Å². The molecule has 27 heavy (non-hydrogen) atoms. The van der Waals surface area contributed by atoms with Gasteiger partial charge in [0.05, 0.1) is 11.2 Å². The van der Waals surface area contributed by atoms with Crippen LogP contribution in [0.2, 0.25) is 5.02 Å². The van der Waals surface area contributed by atoms with Crippen LogP contribution in [-0.2, 0) is 9.47 Å². The third-order valence-corrected chi connectivity index (χ3v) is 5.10. The number of rotatable bonds is 4. The summed E-state index contributed by atoms with van der Waals surface area (Å²) in [6.45, 7) is 1.90. The fourth-order valence-electron chi connectivity index (χ4n) is 3.47. The topological polar surface area (TPSA) is 45.8 Å². The predicted molar refractivity (Wildman–Crippen MR) is 107 cm³/mol. The lowest BCUT2D eigenvalue weighted by Crippen LogP contribution is -2.47. The number of methoxy groups -OCH3 is 2. The molecule has 0 radical (unpaired) electrons. The van der Waals surface area contributed by atoms with E-state index in [4.69, 9.17) is 42.4 Å². The molecule has 2 heterocycles. The molecule has 3 aromatic rings. The van der Waals surface area contributed by atoms with Crippen LogP contribution in [0.1, 0.15) is 12.5 Å². The monoisotopic (exact) mass is 403 g/mol. The maximum Gasteiger partial charge on any atom is 0.274 e. The summed E-state index contributed by atoms with van der Waals surface area (Å²) < 4.78 is 24.9. The van der Waals surface area contributed by atoms with Gasteiger partial charge in [-0.2, -0.15) is 0 Å². The quantitative estimate of drug-likeness (QED) is 0.438. The van der Waals surface area contributed by atoms with E-state index in [9.17, 15) is 0 Å². The van der Waals surface area contributed by atoms with Crippen molar-refractivity contribution in [3.63, 3.8) is 0 Å². The standard InChI is InChI=1S/C20H18ClNO4S/c1-20(18(23-2)24-3)11-15(13-6-4-5-7-16(13)26-20)22-14-10-12(21)8-9-17(14)25-19(22)27/h4-11,18H,1-3H3. The summed E-state index contributed by atoms with van der Waals surface area (Å²) >= 11 is 11.7. The molecule has 7 heteroatoms. The summed E-state index contributed by atoms with van der Waals surface area (Å²) in [5, 5.41) is 0.599. The summed E-state index contributed by atoms with van der Waals surface area (Å²) in [7, 11) is 3.16. The van der Waals surface area contributed by atoms with Crippen LogP contribution in [0.25, 0.3) is 16.8 Å². The molecule has 5 nitrogen and oxygen atoms in total. The highest BCUT2D eigenvalue weighted by Crippen LogP contribution is 2.40. The minimum atomic E-state index is -0.871. The van der Waals surface area contributed by atoms with E-state index in [1.807, 2.05) is 54.0 Å². The third kappa shape index (κ3) is 2.99. The summed E-state index contributed by atoms with van der Waals surface area (Å²) in [5.74, 6) is 0.704. The number of aromatic nitrogens is 1. The molecule has 1 aliphatic heterocycles. The number of ether oxygens (including phenoxy) is 3. The molecule has 0 amide bonds. The largest absolute Gasteiger partial charge is 0.477 e. The number of hydrogen-bond acceptors (Lipinski definition) is 5. The number of hydrogen-bond donors (Lipinski definition) is 0. The first-order valence-electron chi connectivity index (χ1n) is 8.35. The van der Waals surface area contributed by atoms with Crippen molar-refractivity contribution in [1.82, 2.24) is 4.57 Å². The lowest BCUT2D eigenvalue weighted by Gasteiger charge is -2.38. The molecule has 1 aliphatic rings. The van der Waals surface area contributed by atoms with Gasteiger partial charge in [0.1, 0.15) is 5.75 Å². The number of nitrogens with zero attached hydrogens (tertiary/aromatic N) is 1. The Morgan fingerprint density at radius 3 is 2.63 bits per heavy atom. The Bertz CT molecular complexity index is 1100. The lowest BCUT2D eigenvalue weighted by molar-refractivity contribution is -0.180. The van der Waals surface area contributed by atoms with Gasteiger partial charge in [0.15, 0.2) is 11.2 Å². The zero-order valence-corrected chi connectivity index (χ0v) is 16.6. The fourth-order valence-corrected chi connectivity index (χ4v) is 3.92. The van der Waals surface area contributed by atoms with Crippen LogP contribution in [0.4, 0.5) is 0 Å². The second kappa shape index (κ2) is 6.80. The van der Waals surface area contributed by atoms with Crippen LogP contribution in [0.5, 0.6) is 5.75 Å². The van der Waals surface area contributed by atoms with E-state index in [0.717, 1.165) is 16.8 Å². The Labute approximate surface area is 166 Å². The molecule has 0 spiro atoms. The highest BCUT2D eigenvalue weighted by molar-refractivity contribution is 7.71. The molecule has 4 rings (SSSR count). The summed E-state index contributed by atoms with van der Waals surface area (Å²) in [4.78, 5) is 0.323. The smallest absolute Gasteiger partial charge is 0.274 e. The molecular formula is C20H18ClNO4S. The Morgan fingerprint density at radius 2 is 1.89 bits per heavy atom. The first-order chi connectivity index (χ1) is 13.0. The van der Waals surface area contributed by atoms with Gasteiger partial charge in [-0.25, -0.2) is 0 Å². The highest BCUT2D eigenvalue weighted by Gasteiger charge is 2.40. The maximum absolute atomic E-state index is 6.24. The number of para-hydroxylation sites is 1. The minimum absolute atomic E-state index is 0.323. The van der Waals surface area contributed by atoms with Crippen molar-refractivity contribution in [1.29, 1.82) is 0 Å². The van der Waals surface area contributed by atoms with Gasteiger partial charge in [-0.05, 0) is 55.5 Å². The van der Waals surface area contributed by atoms with Crippen molar-refractivity contribution in [3.05, 3.63) is 64.0 Å². The summed E-state index contributed by atoms with van der Waals surface area (Å²) in [6.07, 6.45) is 1.33. The minimum Gasteiger partial charge on any atom is -0.477 e. The number of oxazole rings is 1. The van der Waals surface area contributed by atoms with Gasteiger partial charge >= 0.3 is 0 Å². The lowest BCUT2D eigenvalue weighted by atomic mass is 9.96. The van der Waals surface area contributed by atoms with Crippen LogP contribution in [0, 0.1) is 4.84 Å². The van der Waals surface area contributed by atoms with Crippen molar-refractivity contribution in [3.8, 4) is 5.75 Å². The van der Waals surface area contributed by atoms with Crippen LogP contribution < -0.4 is 4.74 Å². The zero-order chi connectivity index (χ0) is 19.2. The van der Waals surface area contributed by atoms with Crippen molar-refractivity contribution in [2.45, 2.75) is 18.8 Å². The Balaban J connectivity index is 2.02. The molecule has 2 aromatic carbocycles. The molecule has 140 valence electrons. The van der Waals surface area contributed by atoms with Crippen molar-refractivity contribution < 1.29 is 18.6 Å². The van der Waals surface area contributed by atoms with Crippen LogP contribution in [0.15, 0.2) is 53.0 Å². The van der Waals surface area contributed by atoms with E-state index in [0.29, 0.717) is 21.2 Å². The molecule has 0 saturated heterocycles. The van der Waals surface area contributed by atoms with Crippen LogP contribution in [-0.4, -0.2) is 30.7 Å². The summed E-state index contributed by atoms with van der Waals surface area (Å²) in [5.41, 5.74) is 2.28. The molecule has 1 aromatic heterocycles. The van der Waals surface area contributed by atoms with E-state index in [2.05, 4.69) is 0 Å². The predicted octanol–water partition coefficient (Wildman–Crippen LogP) is 5.28. The Kier molecular flexibility index (Phi) is 4.60. The second-order valence-electron chi connectivity index (χ2n) is 6.43. The number of benzene rings is 2. The Morgan fingerprint density at radius 1 is 1.15 bits per heavy atom. The Hall–Kier alpha value is -2.12. The van der Waals surface area contributed by atoms with Gasteiger partial charge in [-0.3, -0.25) is 4.57 Å². The van der Waals surface area contributed by atoms with Gasteiger partial charge in [0.2, 0.25) is 6.29 Å². The van der Waals surface area contributed by atoms with E-state index >= 15 is 0 Å². The molecule has 1 atom stereocenters. The van der Waals surface area contributed by atoms with Crippen LogP contribution in [0.3, 0.4) is 0 Å². The van der Waals surface area contributed by atoms with E-state index in [-0.39, 0.29) is 0 Å². The average Bonchev–Trinajstić information content (AvgIpc) is 2.96. The van der Waals surface area contributed by atoms with Gasteiger partial charge in [0, 0.05) is 24.8 Å². The van der Waals surface area contributed by atoms with Crippen molar-refractivity contribution in [2.24, 2.45) is 0 Å². The first-order valence-corrected chi connectivity index (χ1v) is 9.14. The SMILES string of the molecule is COC(OC)C1(C)C=C(n2c(=S)oc3ccc(Cl)cc32)c2ccccc2O1. The number of fused-ring (bicyclic) bond motifs is 2. The second-order valence-corrected chi connectivity index (χ2v) is 7.22. The van der Waals surface area contributed by atoms with Crippen molar-refractivity contribution in [2.75, 3.05) is 14.2 Å².